The van der Waals surface area contributed by atoms with Crippen LogP contribution in [0.2, 0.25) is 0 Å². The van der Waals surface area contributed by atoms with Gasteiger partial charge in [0, 0.05) is 13.0 Å². The average Bonchev–Trinajstić information content (AvgIpc) is 2.36. The van der Waals surface area contributed by atoms with Crippen LogP contribution in [-0.2, 0) is 4.79 Å². The van der Waals surface area contributed by atoms with Gasteiger partial charge in [-0.05, 0) is 55.5 Å². The summed E-state index contributed by atoms with van der Waals surface area (Å²) >= 11 is 0. The first kappa shape index (κ1) is 17.5. The van der Waals surface area contributed by atoms with Crippen molar-refractivity contribution in [2.45, 2.75) is 60.3 Å². The Morgan fingerprint density at radius 2 is 2.05 bits per heavy atom. The van der Waals surface area contributed by atoms with E-state index in [9.17, 15) is 4.79 Å². The molecule has 0 aromatic carbocycles. The van der Waals surface area contributed by atoms with Crippen LogP contribution in [0.25, 0.3) is 0 Å². The van der Waals surface area contributed by atoms with Crippen LogP contribution in [-0.4, -0.2) is 25.5 Å². The fraction of sp³-hybridized carbons (Fsp3) is 0.941. The van der Waals surface area contributed by atoms with Crippen LogP contribution in [0.15, 0.2) is 0 Å². The minimum atomic E-state index is 0.194. The zero-order chi connectivity index (χ0) is 15.2. The fourth-order valence-corrected chi connectivity index (χ4v) is 3.41. The van der Waals surface area contributed by atoms with Gasteiger partial charge in [-0.15, -0.1) is 0 Å². The van der Waals surface area contributed by atoms with Crippen molar-refractivity contribution in [2.75, 3.05) is 19.6 Å². The van der Waals surface area contributed by atoms with Crippen molar-refractivity contribution in [3.05, 3.63) is 0 Å². The van der Waals surface area contributed by atoms with E-state index >= 15 is 0 Å². The third-order valence-corrected chi connectivity index (χ3v) is 4.37. The van der Waals surface area contributed by atoms with E-state index in [0.29, 0.717) is 24.2 Å². The molecule has 1 aliphatic heterocycles. The molecule has 0 saturated carbocycles. The monoisotopic (exact) mass is 282 g/mol. The van der Waals surface area contributed by atoms with Crippen LogP contribution in [0.5, 0.6) is 0 Å². The molecule has 0 aliphatic carbocycles. The number of hydrogen-bond donors (Lipinski definition) is 2. The van der Waals surface area contributed by atoms with Gasteiger partial charge in [-0.1, -0.05) is 34.6 Å². The van der Waals surface area contributed by atoms with E-state index in [4.69, 9.17) is 0 Å². The lowest BCUT2D eigenvalue weighted by atomic mass is 9.83. The highest BCUT2D eigenvalue weighted by Crippen LogP contribution is 2.25. The summed E-state index contributed by atoms with van der Waals surface area (Å²) in [7, 11) is 0. The molecule has 118 valence electrons. The maximum absolute atomic E-state index is 12.1. The van der Waals surface area contributed by atoms with Gasteiger partial charge < -0.3 is 10.6 Å². The second kappa shape index (κ2) is 8.02. The molecular weight excluding hydrogens is 248 g/mol. The van der Waals surface area contributed by atoms with E-state index in [-0.39, 0.29) is 11.3 Å². The molecule has 0 aromatic rings. The smallest absolute Gasteiger partial charge is 0.220 e. The zero-order valence-electron chi connectivity index (χ0n) is 14.1. The Kier molecular flexibility index (Phi) is 7.01. The summed E-state index contributed by atoms with van der Waals surface area (Å²) in [4.78, 5) is 12.1. The summed E-state index contributed by atoms with van der Waals surface area (Å²) in [5, 5.41) is 6.57. The molecule has 1 rings (SSSR count). The Morgan fingerprint density at radius 1 is 1.35 bits per heavy atom. The molecule has 2 atom stereocenters. The maximum atomic E-state index is 12.1. The summed E-state index contributed by atoms with van der Waals surface area (Å²) in [5.41, 5.74) is 0.194. The minimum Gasteiger partial charge on any atom is -0.356 e. The Labute approximate surface area is 125 Å². The van der Waals surface area contributed by atoms with Gasteiger partial charge in [0.2, 0.25) is 5.91 Å². The summed E-state index contributed by atoms with van der Waals surface area (Å²) in [6, 6.07) is 0. The molecule has 1 fully saturated rings. The Hall–Kier alpha value is -0.570. The number of piperidine rings is 1. The molecule has 1 saturated heterocycles. The summed E-state index contributed by atoms with van der Waals surface area (Å²) in [6.07, 6.45) is 4.33. The standard InChI is InChI=1S/C17H34N2O/c1-13(2)10-17(4,5)12-19-16(20)9-14(3)15-7-6-8-18-11-15/h13-15,18H,6-12H2,1-5H3,(H,19,20). The first-order chi connectivity index (χ1) is 9.30. The molecular formula is C17H34N2O. The molecule has 3 nitrogen and oxygen atoms in total. The van der Waals surface area contributed by atoms with Crippen LogP contribution in [0, 0.1) is 23.2 Å². The highest BCUT2D eigenvalue weighted by Gasteiger charge is 2.24. The lowest BCUT2D eigenvalue weighted by Crippen LogP contribution is -2.38. The summed E-state index contributed by atoms with van der Waals surface area (Å²) in [5.74, 6) is 2.04. The van der Waals surface area contributed by atoms with Crippen molar-refractivity contribution in [3.8, 4) is 0 Å². The molecule has 1 heterocycles. The first-order valence-electron chi connectivity index (χ1n) is 8.27. The number of carbonyl (C=O) groups excluding carboxylic acids is 1. The van der Waals surface area contributed by atoms with Gasteiger partial charge in [0.1, 0.15) is 0 Å². The third kappa shape index (κ3) is 6.74. The van der Waals surface area contributed by atoms with Gasteiger partial charge >= 0.3 is 0 Å². The largest absolute Gasteiger partial charge is 0.356 e. The average molecular weight is 282 g/mol. The van der Waals surface area contributed by atoms with Crippen LogP contribution in [0.4, 0.5) is 0 Å². The number of carbonyl (C=O) groups is 1. The van der Waals surface area contributed by atoms with E-state index in [0.717, 1.165) is 26.1 Å². The Balaban J connectivity index is 2.28. The van der Waals surface area contributed by atoms with Crippen LogP contribution >= 0.6 is 0 Å². The van der Waals surface area contributed by atoms with Gasteiger partial charge in [0.15, 0.2) is 0 Å². The molecule has 0 radical (unpaired) electrons. The highest BCUT2D eigenvalue weighted by molar-refractivity contribution is 5.76. The van der Waals surface area contributed by atoms with E-state index in [1.54, 1.807) is 0 Å². The van der Waals surface area contributed by atoms with Gasteiger partial charge in [-0.3, -0.25) is 4.79 Å². The zero-order valence-corrected chi connectivity index (χ0v) is 14.1. The molecule has 0 spiro atoms. The predicted molar refractivity (Wildman–Crippen MR) is 85.6 cm³/mol. The van der Waals surface area contributed by atoms with Gasteiger partial charge in [0.25, 0.3) is 0 Å². The van der Waals surface area contributed by atoms with Crippen LogP contribution < -0.4 is 10.6 Å². The maximum Gasteiger partial charge on any atom is 0.220 e. The van der Waals surface area contributed by atoms with Crippen molar-refractivity contribution in [1.82, 2.24) is 10.6 Å². The molecule has 0 aromatic heterocycles. The van der Waals surface area contributed by atoms with E-state index in [2.05, 4.69) is 45.3 Å². The van der Waals surface area contributed by atoms with Crippen molar-refractivity contribution in [2.24, 2.45) is 23.2 Å². The highest BCUT2D eigenvalue weighted by atomic mass is 16.1. The molecule has 1 amide bonds. The fourth-order valence-electron chi connectivity index (χ4n) is 3.41. The topological polar surface area (TPSA) is 41.1 Å². The van der Waals surface area contributed by atoms with Crippen molar-refractivity contribution >= 4 is 5.91 Å². The second-order valence-corrected chi connectivity index (χ2v) is 7.83. The van der Waals surface area contributed by atoms with Crippen molar-refractivity contribution in [1.29, 1.82) is 0 Å². The van der Waals surface area contributed by atoms with Gasteiger partial charge in [0.05, 0.1) is 0 Å². The lowest BCUT2D eigenvalue weighted by molar-refractivity contribution is -0.122. The molecule has 0 bridgehead atoms. The summed E-state index contributed by atoms with van der Waals surface area (Å²) in [6.45, 7) is 14.2. The molecule has 2 unspecified atom stereocenters. The van der Waals surface area contributed by atoms with Crippen LogP contribution in [0.1, 0.15) is 60.3 Å². The van der Waals surface area contributed by atoms with Gasteiger partial charge in [-0.25, -0.2) is 0 Å². The minimum absolute atomic E-state index is 0.194. The quantitative estimate of drug-likeness (QED) is 0.753. The number of hydrogen-bond acceptors (Lipinski definition) is 2. The normalized spacial score (nSPS) is 21.8. The number of rotatable bonds is 7. The van der Waals surface area contributed by atoms with Crippen molar-refractivity contribution < 1.29 is 4.79 Å². The Morgan fingerprint density at radius 3 is 2.60 bits per heavy atom. The molecule has 20 heavy (non-hydrogen) atoms. The van der Waals surface area contributed by atoms with Crippen LogP contribution in [0.3, 0.4) is 0 Å². The number of nitrogens with one attached hydrogen (secondary N) is 2. The van der Waals surface area contributed by atoms with E-state index in [1.807, 2.05) is 0 Å². The van der Waals surface area contributed by atoms with E-state index in [1.165, 1.54) is 12.8 Å². The molecule has 1 aliphatic rings. The van der Waals surface area contributed by atoms with Gasteiger partial charge in [-0.2, -0.15) is 0 Å². The predicted octanol–water partition coefficient (Wildman–Crippen LogP) is 3.20. The summed E-state index contributed by atoms with van der Waals surface area (Å²) < 4.78 is 0. The first-order valence-corrected chi connectivity index (χ1v) is 8.27. The third-order valence-electron chi connectivity index (χ3n) is 4.37. The Bertz CT molecular complexity index is 293. The lowest BCUT2D eigenvalue weighted by Gasteiger charge is -2.29. The number of amides is 1. The van der Waals surface area contributed by atoms with E-state index < -0.39 is 0 Å². The molecule has 3 heteroatoms. The SMILES string of the molecule is CC(C)CC(C)(C)CNC(=O)CC(C)C1CCCNC1. The second-order valence-electron chi connectivity index (χ2n) is 7.83. The van der Waals surface area contributed by atoms with Crippen molar-refractivity contribution in [3.63, 3.8) is 0 Å². The molecule has 2 N–H and O–H groups in total.